The molecule has 17 heavy (non-hydrogen) atoms. The van der Waals surface area contributed by atoms with Gasteiger partial charge in [0.1, 0.15) is 5.82 Å². The minimum absolute atomic E-state index is 0.155. The number of hydrogen-bond acceptors (Lipinski definition) is 3. The molecule has 0 bridgehead atoms. The SMILES string of the molecule is COCC(C)NC1CCSc2ccc(F)cc21. The largest absolute Gasteiger partial charge is 0.383 e. The molecule has 2 unspecified atom stereocenters. The summed E-state index contributed by atoms with van der Waals surface area (Å²) in [6.45, 7) is 2.76. The van der Waals surface area contributed by atoms with Crippen molar-refractivity contribution >= 4 is 11.8 Å². The van der Waals surface area contributed by atoms with Gasteiger partial charge in [0.25, 0.3) is 0 Å². The Morgan fingerprint density at radius 2 is 2.41 bits per heavy atom. The van der Waals surface area contributed by atoms with Gasteiger partial charge in [0.15, 0.2) is 0 Å². The molecule has 0 amide bonds. The molecule has 1 aromatic carbocycles. The number of thioether (sulfide) groups is 1. The summed E-state index contributed by atoms with van der Waals surface area (Å²) in [7, 11) is 1.70. The smallest absolute Gasteiger partial charge is 0.123 e. The van der Waals surface area contributed by atoms with Crippen LogP contribution in [0.3, 0.4) is 0 Å². The summed E-state index contributed by atoms with van der Waals surface area (Å²) in [4.78, 5) is 1.19. The zero-order chi connectivity index (χ0) is 12.3. The van der Waals surface area contributed by atoms with E-state index >= 15 is 0 Å². The van der Waals surface area contributed by atoms with Gasteiger partial charge in [-0.1, -0.05) is 0 Å². The third kappa shape index (κ3) is 3.21. The van der Waals surface area contributed by atoms with E-state index in [4.69, 9.17) is 4.74 Å². The molecule has 1 heterocycles. The fraction of sp³-hybridized carbons (Fsp3) is 0.538. The summed E-state index contributed by atoms with van der Waals surface area (Å²) in [5, 5.41) is 3.50. The molecule has 0 fully saturated rings. The molecule has 0 aliphatic carbocycles. The predicted molar refractivity (Wildman–Crippen MR) is 69.0 cm³/mol. The van der Waals surface area contributed by atoms with Crippen LogP contribution in [-0.2, 0) is 4.74 Å². The lowest BCUT2D eigenvalue weighted by Gasteiger charge is -2.28. The highest BCUT2D eigenvalue weighted by Gasteiger charge is 2.22. The Bertz CT molecular complexity index is 386. The lowest BCUT2D eigenvalue weighted by Crippen LogP contribution is -2.35. The van der Waals surface area contributed by atoms with Crippen LogP contribution in [-0.4, -0.2) is 25.5 Å². The van der Waals surface area contributed by atoms with E-state index in [-0.39, 0.29) is 17.9 Å². The lowest BCUT2D eigenvalue weighted by molar-refractivity contribution is 0.166. The standard InChI is InChI=1S/C13H18FNOS/c1-9(8-16-2)15-12-5-6-17-13-4-3-10(14)7-11(12)13/h3-4,7,9,12,15H,5-6,8H2,1-2H3. The van der Waals surface area contributed by atoms with E-state index < -0.39 is 0 Å². The molecule has 0 saturated heterocycles. The molecule has 1 aliphatic heterocycles. The van der Waals surface area contributed by atoms with Crippen molar-refractivity contribution < 1.29 is 9.13 Å². The molecule has 4 heteroatoms. The van der Waals surface area contributed by atoms with Crippen molar-refractivity contribution in [2.24, 2.45) is 0 Å². The molecule has 1 aromatic rings. The number of fused-ring (bicyclic) bond motifs is 1. The third-order valence-corrected chi connectivity index (χ3v) is 4.04. The Labute approximate surface area is 106 Å². The first-order valence-corrected chi connectivity index (χ1v) is 6.86. The first kappa shape index (κ1) is 12.9. The highest BCUT2D eigenvalue weighted by molar-refractivity contribution is 7.99. The van der Waals surface area contributed by atoms with E-state index in [0.29, 0.717) is 6.61 Å². The van der Waals surface area contributed by atoms with Gasteiger partial charge in [0.05, 0.1) is 6.61 Å². The van der Waals surface area contributed by atoms with Gasteiger partial charge in [0.2, 0.25) is 0 Å². The Kier molecular flexibility index (Phi) is 4.42. The minimum Gasteiger partial charge on any atom is -0.383 e. The average molecular weight is 255 g/mol. The third-order valence-electron chi connectivity index (χ3n) is 2.91. The summed E-state index contributed by atoms with van der Waals surface area (Å²) < 4.78 is 18.4. The number of rotatable bonds is 4. The number of hydrogen-bond donors (Lipinski definition) is 1. The van der Waals surface area contributed by atoms with Gasteiger partial charge in [-0.05, 0) is 42.9 Å². The maximum absolute atomic E-state index is 13.3. The molecular weight excluding hydrogens is 237 g/mol. The molecule has 0 spiro atoms. The molecule has 0 aromatic heterocycles. The summed E-state index contributed by atoms with van der Waals surface area (Å²) in [5.41, 5.74) is 1.09. The van der Waals surface area contributed by atoms with Crippen molar-refractivity contribution in [3.63, 3.8) is 0 Å². The molecule has 1 aliphatic rings. The van der Waals surface area contributed by atoms with Crippen molar-refractivity contribution in [1.29, 1.82) is 0 Å². The van der Waals surface area contributed by atoms with Crippen LogP contribution in [0.15, 0.2) is 23.1 Å². The topological polar surface area (TPSA) is 21.3 Å². The van der Waals surface area contributed by atoms with Crippen molar-refractivity contribution in [3.05, 3.63) is 29.6 Å². The second kappa shape index (κ2) is 5.85. The van der Waals surface area contributed by atoms with E-state index in [1.54, 1.807) is 24.9 Å². The van der Waals surface area contributed by atoms with E-state index in [0.717, 1.165) is 17.7 Å². The molecule has 94 valence electrons. The van der Waals surface area contributed by atoms with Crippen LogP contribution in [0.5, 0.6) is 0 Å². The van der Waals surface area contributed by atoms with Crippen molar-refractivity contribution in [1.82, 2.24) is 5.32 Å². The molecule has 0 saturated carbocycles. The number of benzene rings is 1. The quantitative estimate of drug-likeness (QED) is 0.893. The van der Waals surface area contributed by atoms with Gasteiger partial charge in [-0.25, -0.2) is 4.39 Å². The monoisotopic (exact) mass is 255 g/mol. The fourth-order valence-electron chi connectivity index (χ4n) is 2.18. The number of ether oxygens (including phenoxy) is 1. The molecular formula is C13H18FNOS. The van der Waals surface area contributed by atoms with Gasteiger partial charge in [0, 0.05) is 24.1 Å². The first-order valence-electron chi connectivity index (χ1n) is 5.88. The zero-order valence-corrected chi connectivity index (χ0v) is 11.0. The number of halogens is 1. The highest BCUT2D eigenvalue weighted by Crippen LogP contribution is 2.36. The van der Waals surface area contributed by atoms with E-state index in [9.17, 15) is 4.39 Å². The number of nitrogens with one attached hydrogen (secondary N) is 1. The van der Waals surface area contributed by atoms with Crippen LogP contribution in [0.25, 0.3) is 0 Å². The molecule has 2 atom stereocenters. The molecule has 0 radical (unpaired) electrons. The zero-order valence-electron chi connectivity index (χ0n) is 10.2. The molecule has 1 N–H and O–H groups in total. The first-order chi connectivity index (χ1) is 8.20. The maximum atomic E-state index is 13.3. The van der Waals surface area contributed by atoms with E-state index in [1.807, 2.05) is 6.07 Å². The summed E-state index contributed by atoms with van der Waals surface area (Å²) in [6, 6.07) is 5.59. The van der Waals surface area contributed by atoms with Gasteiger partial charge < -0.3 is 10.1 Å². The van der Waals surface area contributed by atoms with E-state index in [2.05, 4.69) is 12.2 Å². The lowest BCUT2D eigenvalue weighted by atomic mass is 10.0. The highest BCUT2D eigenvalue weighted by atomic mass is 32.2. The van der Waals surface area contributed by atoms with E-state index in [1.165, 1.54) is 11.0 Å². The molecule has 2 rings (SSSR count). The second-order valence-electron chi connectivity index (χ2n) is 4.39. The van der Waals surface area contributed by atoms with Gasteiger partial charge >= 0.3 is 0 Å². The van der Waals surface area contributed by atoms with Gasteiger partial charge in [-0.15, -0.1) is 11.8 Å². The molecule has 2 nitrogen and oxygen atoms in total. The van der Waals surface area contributed by atoms with Crippen LogP contribution < -0.4 is 5.32 Å². The second-order valence-corrected chi connectivity index (χ2v) is 5.53. The maximum Gasteiger partial charge on any atom is 0.123 e. The van der Waals surface area contributed by atoms with Gasteiger partial charge in [-0.2, -0.15) is 0 Å². The average Bonchev–Trinajstić information content (AvgIpc) is 2.30. The minimum atomic E-state index is -0.155. The summed E-state index contributed by atoms with van der Waals surface area (Å²) >= 11 is 1.80. The number of methoxy groups -OCH3 is 1. The fourth-order valence-corrected chi connectivity index (χ4v) is 3.29. The Morgan fingerprint density at radius 1 is 1.59 bits per heavy atom. The summed E-state index contributed by atoms with van der Waals surface area (Å²) in [6.07, 6.45) is 1.04. The Hall–Kier alpha value is -0.580. The predicted octanol–water partition coefficient (Wildman–Crippen LogP) is 2.99. The van der Waals surface area contributed by atoms with Crippen molar-refractivity contribution in [2.75, 3.05) is 19.5 Å². The van der Waals surface area contributed by atoms with Crippen LogP contribution in [0.2, 0.25) is 0 Å². The van der Waals surface area contributed by atoms with Crippen molar-refractivity contribution in [3.8, 4) is 0 Å². The van der Waals surface area contributed by atoms with Crippen LogP contribution in [0.1, 0.15) is 24.9 Å². The summed E-state index contributed by atoms with van der Waals surface area (Å²) in [5.74, 6) is 0.924. The Morgan fingerprint density at radius 3 is 3.18 bits per heavy atom. The Balaban J connectivity index is 2.13. The van der Waals surface area contributed by atoms with Crippen LogP contribution in [0.4, 0.5) is 4.39 Å². The van der Waals surface area contributed by atoms with Crippen LogP contribution in [0, 0.1) is 5.82 Å². The normalized spacial score (nSPS) is 21.0. The van der Waals surface area contributed by atoms with Crippen molar-refractivity contribution in [2.45, 2.75) is 30.3 Å². The van der Waals surface area contributed by atoms with Crippen LogP contribution >= 0.6 is 11.8 Å². The van der Waals surface area contributed by atoms with Gasteiger partial charge in [-0.3, -0.25) is 0 Å².